The minimum atomic E-state index is -0.579. The Morgan fingerprint density at radius 3 is 2.88 bits per heavy atom. The molecule has 0 saturated carbocycles. The van der Waals surface area contributed by atoms with Gasteiger partial charge in [-0.15, -0.1) is 0 Å². The SMILES string of the molecule is CCc1ncc2c(n1)CN(C[C@H](O)COc1ccc(C#N)cc1)CC2. The molecule has 0 radical (unpaired) electrons. The van der Waals surface area contributed by atoms with Crippen molar-refractivity contribution in [3.8, 4) is 11.8 Å². The van der Waals surface area contributed by atoms with Crippen LogP contribution in [0.15, 0.2) is 30.5 Å². The fourth-order valence-electron chi connectivity index (χ4n) is 2.89. The number of aromatic nitrogens is 2. The van der Waals surface area contributed by atoms with Gasteiger partial charge in [0.25, 0.3) is 0 Å². The lowest BCUT2D eigenvalue weighted by Gasteiger charge is -2.29. The van der Waals surface area contributed by atoms with Crippen LogP contribution in [-0.4, -0.2) is 45.8 Å². The van der Waals surface area contributed by atoms with E-state index in [2.05, 4.69) is 20.9 Å². The Bertz CT molecular complexity index is 755. The molecule has 1 atom stereocenters. The fourth-order valence-corrected chi connectivity index (χ4v) is 2.89. The number of hydrogen-bond donors (Lipinski definition) is 1. The highest BCUT2D eigenvalue weighted by atomic mass is 16.5. The summed E-state index contributed by atoms with van der Waals surface area (Å²) in [6.45, 7) is 4.43. The lowest BCUT2D eigenvalue weighted by molar-refractivity contribution is 0.0631. The largest absolute Gasteiger partial charge is 0.491 e. The van der Waals surface area contributed by atoms with Gasteiger partial charge in [0.1, 0.15) is 24.3 Å². The standard InChI is InChI=1S/C19H22N4O2/c1-2-19-21-10-15-7-8-23(12-18(15)22-19)11-16(24)13-25-17-5-3-14(9-20)4-6-17/h3-6,10,16,24H,2,7-8,11-13H2,1H3/t16-/m0/s1. The molecule has 0 unspecified atom stereocenters. The molecule has 1 aromatic carbocycles. The summed E-state index contributed by atoms with van der Waals surface area (Å²) in [5, 5.41) is 19.0. The molecule has 0 aliphatic carbocycles. The van der Waals surface area contributed by atoms with Gasteiger partial charge in [-0.1, -0.05) is 6.92 Å². The summed E-state index contributed by atoms with van der Waals surface area (Å²) in [7, 11) is 0. The summed E-state index contributed by atoms with van der Waals surface area (Å²) in [6.07, 6.45) is 3.09. The molecule has 1 aromatic heterocycles. The number of β-amino-alcohol motifs (C(OH)–C–C–N with tert-alkyl or cyclic N) is 1. The van der Waals surface area contributed by atoms with E-state index in [4.69, 9.17) is 10.00 Å². The number of fused-ring (bicyclic) bond motifs is 1. The maximum Gasteiger partial charge on any atom is 0.128 e. The Labute approximate surface area is 147 Å². The van der Waals surface area contributed by atoms with Gasteiger partial charge in [-0.2, -0.15) is 5.26 Å². The molecule has 6 heteroatoms. The quantitative estimate of drug-likeness (QED) is 0.863. The van der Waals surface area contributed by atoms with Gasteiger partial charge in [-0.05, 0) is 36.2 Å². The molecule has 130 valence electrons. The first-order chi connectivity index (χ1) is 12.2. The average Bonchev–Trinajstić information content (AvgIpc) is 2.66. The minimum Gasteiger partial charge on any atom is -0.491 e. The number of ether oxygens (including phenoxy) is 1. The van der Waals surface area contributed by atoms with Crippen LogP contribution >= 0.6 is 0 Å². The van der Waals surface area contributed by atoms with Crippen LogP contribution in [0.1, 0.15) is 29.6 Å². The van der Waals surface area contributed by atoms with Gasteiger partial charge in [0.15, 0.2) is 0 Å². The predicted octanol–water partition coefficient (Wildman–Crippen LogP) is 1.71. The van der Waals surface area contributed by atoms with E-state index in [0.717, 1.165) is 37.4 Å². The summed E-state index contributed by atoms with van der Waals surface area (Å²) < 4.78 is 5.60. The first-order valence-electron chi connectivity index (χ1n) is 8.55. The van der Waals surface area contributed by atoms with Gasteiger partial charge in [0, 0.05) is 32.3 Å². The van der Waals surface area contributed by atoms with Gasteiger partial charge in [0.2, 0.25) is 0 Å². The molecule has 6 nitrogen and oxygen atoms in total. The van der Waals surface area contributed by atoms with Crippen molar-refractivity contribution < 1.29 is 9.84 Å². The van der Waals surface area contributed by atoms with Crippen LogP contribution < -0.4 is 4.74 Å². The van der Waals surface area contributed by atoms with Crippen molar-refractivity contribution in [2.24, 2.45) is 0 Å². The summed E-state index contributed by atoms with van der Waals surface area (Å²) in [6, 6.07) is 8.96. The maximum atomic E-state index is 10.3. The summed E-state index contributed by atoms with van der Waals surface area (Å²) >= 11 is 0. The highest BCUT2D eigenvalue weighted by Crippen LogP contribution is 2.17. The lowest BCUT2D eigenvalue weighted by Crippen LogP contribution is -2.39. The minimum absolute atomic E-state index is 0.221. The number of aliphatic hydroxyl groups excluding tert-OH is 1. The molecule has 0 spiro atoms. The first-order valence-corrected chi connectivity index (χ1v) is 8.55. The van der Waals surface area contributed by atoms with E-state index < -0.39 is 6.10 Å². The van der Waals surface area contributed by atoms with Crippen molar-refractivity contribution in [3.63, 3.8) is 0 Å². The van der Waals surface area contributed by atoms with E-state index in [1.165, 1.54) is 5.56 Å². The highest BCUT2D eigenvalue weighted by Gasteiger charge is 2.20. The molecule has 0 amide bonds. The predicted molar refractivity (Wildman–Crippen MR) is 93.0 cm³/mol. The molecule has 1 aliphatic heterocycles. The Balaban J connectivity index is 1.51. The van der Waals surface area contributed by atoms with Crippen LogP contribution in [0.4, 0.5) is 0 Å². The van der Waals surface area contributed by atoms with Crippen LogP contribution in [0.2, 0.25) is 0 Å². The van der Waals surface area contributed by atoms with Crippen molar-refractivity contribution in [2.75, 3.05) is 19.7 Å². The Kier molecular flexibility index (Phi) is 5.59. The topological polar surface area (TPSA) is 82.3 Å². The molecular weight excluding hydrogens is 316 g/mol. The molecule has 1 N–H and O–H groups in total. The average molecular weight is 338 g/mol. The van der Waals surface area contributed by atoms with Gasteiger partial charge in [-0.25, -0.2) is 9.97 Å². The molecular formula is C19H22N4O2. The number of nitriles is 1. The molecule has 0 saturated heterocycles. The third-order valence-corrected chi connectivity index (χ3v) is 4.29. The molecule has 0 bridgehead atoms. The lowest BCUT2D eigenvalue weighted by atomic mass is 10.1. The Hall–Kier alpha value is -2.49. The molecule has 1 aliphatic rings. The van der Waals surface area contributed by atoms with Crippen LogP contribution in [0, 0.1) is 11.3 Å². The fraction of sp³-hybridized carbons (Fsp3) is 0.421. The van der Waals surface area contributed by atoms with Gasteiger partial charge >= 0.3 is 0 Å². The zero-order valence-electron chi connectivity index (χ0n) is 14.4. The van der Waals surface area contributed by atoms with E-state index in [1.807, 2.05) is 13.1 Å². The smallest absolute Gasteiger partial charge is 0.128 e. The molecule has 0 fully saturated rings. The number of aryl methyl sites for hydroxylation is 1. The van der Waals surface area contributed by atoms with Gasteiger partial charge < -0.3 is 9.84 Å². The summed E-state index contributed by atoms with van der Waals surface area (Å²) in [4.78, 5) is 11.2. The maximum absolute atomic E-state index is 10.3. The number of nitrogens with zero attached hydrogens (tertiary/aromatic N) is 4. The number of hydrogen-bond acceptors (Lipinski definition) is 6. The van der Waals surface area contributed by atoms with Crippen molar-refractivity contribution >= 4 is 0 Å². The van der Waals surface area contributed by atoms with E-state index in [-0.39, 0.29) is 6.61 Å². The van der Waals surface area contributed by atoms with Crippen LogP contribution in [0.25, 0.3) is 0 Å². The second-order valence-corrected chi connectivity index (χ2v) is 6.20. The normalized spacial score (nSPS) is 15.2. The van der Waals surface area contributed by atoms with Crippen LogP contribution in [0.3, 0.4) is 0 Å². The Morgan fingerprint density at radius 1 is 1.36 bits per heavy atom. The van der Waals surface area contributed by atoms with E-state index in [0.29, 0.717) is 17.9 Å². The second kappa shape index (κ2) is 8.06. The molecule has 25 heavy (non-hydrogen) atoms. The highest BCUT2D eigenvalue weighted by molar-refractivity contribution is 5.34. The monoisotopic (exact) mass is 338 g/mol. The number of benzene rings is 1. The van der Waals surface area contributed by atoms with E-state index in [9.17, 15) is 5.11 Å². The van der Waals surface area contributed by atoms with Crippen molar-refractivity contribution in [1.82, 2.24) is 14.9 Å². The third kappa shape index (κ3) is 4.53. The summed E-state index contributed by atoms with van der Waals surface area (Å²) in [5.41, 5.74) is 2.86. The third-order valence-electron chi connectivity index (χ3n) is 4.29. The van der Waals surface area contributed by atoms with Crippen molar-refractivity contribution in [2.45, 2.75) is 32.4 Å². The van der Waals surface area contributed by atoms with Gasteiger partial charge in [0.05, 0.1) is 17.3 Å². The second-order valence-electron chi connectivity index (χ2n) is 6.20. The number of aliphatic hydroxyl groups is 1. The van der Waals surface area contributed by atoms with Crippen LogP contribution in [-0.2, 0) is 19.4 Å². The van der Waals surface area contributed by atoms with Crippen molar-refractivity contribution in [3.05, 3.63) is 53.1 Å². The van der Waals surface area contributed by atoms with E-state index >= 15 is 0 Å². The first kappa shape index (κ1) is 17.3. The number of rotatable bonds is 6. The molecule has 3 rings (SSSR count). The molecule has 2 aromatic rings. The van der Waals surface area contributed by atoms with Gasteiger partial charge in [-0.3, -0.25) is 4.90 Å². The zero-order valence-corrected chi connectivity index (χ0v) is 14.4. The van der Waals surface area contributed by atoms with Crippen molar-refractivity contribution in [1.29, 1.82) is 5.26 Å². The van der Waals surface area contributed by atoms with Crippen LogP contribution in [0.5, 0.6) is 5.75 Å². The zero-order chi connectivity index (χ0) is 17.6. The van der Waals surface area contributed by atoms with E-state index in [1.54, 1.807) is 24.3 Å². The Morgan fingerprint density at radius 2 is 2.16 bits per heavy atom. The summed E-state index contributed by atoms with van der Waals surface area (Å²) in [5.74, 6) is 1.52. The molecule has 2 heterocycles.